The summed E-state index contributed by atoms with van der Waals surface area (Å²) in [5.74, 6) is 0.402. The molecule has 1 aromatic carbocycles. The maximum absolute atomic E-state index is 13.8. The van der Waals surface area contributed by atoms with Gasteiger partial charge in [0.2, 0.25) is 0 Å². The molecule has 2 saturated heterocycles. The average molecular weight is 323 g/mol. The molecule has 0 saturated carbocycles. The van der Waals surface area contributed by atoms with E-state index < -0.39 is 6.17 Å². The van der Waals surface area contributed by atoms with E-state index in [9.17, 15) is 8.78 Å². The molecule has 2 aliphatic rings. The first-order valence-electron chi connectivity index (χ1n) is 8.84. The number of hydrogen-bond acceptors (Lipinski definition) is 2. The second-order valence-corrected chi connectivity index (χ2v) is 7.17. The Morgan fingerprint density at radius 1 is 1.22 bits per heavy atom. The summed E-state index contributed by atoms with van der Waals surface area (Å²) in [4.78, 5) is 2.43. The molecule has 0 radical (unpaired) electrons. The van der Waals surface area contributed by atoms with E-state index in [1.165, 1.54) is 30.5 Å². The molecular weight excluding hydrogens is 296 g/mol. The summed E-state index contributed by atoms with van der Waals surface area (Å²) >= 11 is 0. The summed E-state index contributed by atoms with van der Waals surface area (Å²) in [6.07, 6.45) is 3.19. The summed E-state index contributed by atoms with van der Waals surface area (Å²) in [7, 11) is 0. The van der Waals surface area contributed by atoms with Gasteiger partial charge < -0.3 is 9.64 Å². The predicted octanol–water partition coefficient (Wildman–Crippen LogP) is 3.84. The van der Waals surface area contributed by atoms with E-state index >= 15 is 0 Å². The molecule has 2 fully saturated rings. The van der Waals surface area contributed by atoms with E-state index in [0.717, 1.165) is 26.1 Å². The van der Waals surface area contributed by atoms with Crippen LogP contribution in [0, 0.1) is 17.7 Å². The van der Waals surface area contributed by atoms with Crippen molar-refractivity contribution in [2.75, 3.05) is 26.2 Å². The molecule has 4 atom stereocenters. The summed E-state index contributed by atoms with van der Waals surface area (Å²) in [6.45, 7) is 5.45. The Morgan fingerprint density at radius 3 is 2.78 bits per heavy atom. The molecule has 0 bridgehead atoms. The predicted molar refractivity (Wildman–Crippen MR) is 87.7 cm³/mol. The van der Waals surface area contributed by atoms with E-state index in [-0.39, 0.29) is 17.8 Å². The van der Waals surface area contributed by atoms with E-state index in [2.05, 4.69) is 4.90 Å². The molecule has 128 valence electrons. The molecule has 0 spiro atoms. The number of rotatable bonds is 4. The van der Waals surface area contributed by atoms with Crippen LogP contribution in [-0.4, -0.2) is 43.4 Å². The smallest absolute Gasteiger partial charge is 0.123 e. The zero-order valence-corrected chi connectivity index (χ0v) is 13.9. The van der Waals surface area contributed by atoms with Gasteiger partial charge in [0.05, 0.1) is 6.10 Å². The standard InChI is InChI=1S/C19H27F2NO/c1-14-18(21)8-10-23-19(14)13-22-9-2-3-16(12-22)11-15-4-6-17(20)7-5-15/h4-7,14,16,18-19H,2-3,8-13H2,1H3. The van der Waals surface area contributed by atoms with Gasteiger partial charge in [-0.05, 0) is 49.4 Å². The highest BCUT2D eigenvalue weighted by molar-refractivity contribution is 5.16. The van der Waals surface area contributed by atoms with Crippen LogP contribution < -0.4 is 0 Å². The molecule has 0 amide bonds. The first-order chi connectivity index (χ1) is 11.1. The number of halogens is 2. The number of hydrogen-bond donors (Lipinski definition) is 0. The number of piperidine rings is 1. The number of nitrogens with zero attached hydrogens (tertiary/aromatic N) is 1. The van der Waals surface area contributed by atoms with Crippen LogP contribution in [0.2, 0.25) is 0 Å². The fraction of sp³-hybridized carbons (Fsp3) is 0.684. The third-order valence-corrected chi connectivity index (χ3v) is 5.36. The Bertz CT molecular complexity index is 493. The molecule has 2 aliphatic heterocycles. The van der Waals surface area contributed by atoms with Gasteiger partial charge in [0.25, 0.3) is 0 Å². The van der Waals surface area contributed by atoms with Crippen LogP contribution in [0.1, 0.15) is 31.7 Å². The minimum atomic E-state index is -0.728. The van der Waals surface area contributed by atoms with Gasteiger partial charge >= 0.3 is 0 Å². The highest BCUT2D eigenvalue weighted by atomic mass is 19.1. The van der Waals surface area contributed by atoms with E-state index in [4.69, 9.17) is 4.74 Å². The van der Waals surface area contributed by atoms with Crippen LogP contribution in [0.3, 0.4) is 0 Å². The quantitative estimate of drug-likeness (QED) is 0.835. The molecule has 0 N–H and O–H groups in total. The second kappa shape index (κ2) is 7.71. The van der Waals surface area contributed by atoms with Crippen molar-refractivity contribution < 1.29 is 13.5 Å². The first kappa shape index (κ1) is 16.8. The van der Waals surface area contributed by atoms with Gasteiger partial charge in [-0.2, -0.15) is 0 Å². The first-order valence-corrected chi connectivity index (χ1v) is 8.84. The van der Waals surface area contributed by atoms with Crippen LogP contribution in [-0.2, 0) is 11.2 Å². The van der Waals surface area contributed by atoms with Crippen molar-refractivity contribution in [1.82, 2.24) is 4.90 Å². The third kappa shape index (κ3) is 4.51. The normalized spacial score (nSPS) is 32.8. The second-order valence-electron chi connectivity index (χ2n) is 7.17. The molecule has 23 heavy (non-hydrogen) atoms. The maximum Gasteiger partial charge on any atom is 0.123 e. The highest BCUT2D eigenvalue weighted by Crippen LogP contribution is 2.27. The molecule has 0 aliphatic carbocycles. The lowest BCUT2D eigenvalue weighted by molar-refractivity contribution is -0.0758. The fourth-order valence-electron chi connectivity index (χ4n) is 3.89. The van der Waals surface area contributed by atoms with Crippen LogP contribution in [0.5, 0.6) is 0 Å². The van der Waals surface area contributed by atoms with Crippen molar-refractivity contribution in [2.45, 2.75) is 44.9 Å². The molecule has 4 unspecified atom stereocenters. The van der Waals surface area contributed by atoms with E-state index in [0.29, 0.717) is 18.9 Å². The number of likely N-dealkylation sites (tertiary alicyclic amines) is 1. The zero-order chi connectivity index (χ0) is 16.2. The Balaban J connectivity index is 1.52. The van der Waals surface area contributed by atoms with Crippen molar-refractivity contribution in [3.63, 3.8) is 0 Å². The van der Waals surface area contributed by atoms with Crippen LogP contribution in [0.25, 0.3) is 0 Å². The SMILES string of the molecule is CC1C(F)CCOC1CN1CCCC(Cc2ccc(F)cc2)C1. The summed E-state index contributed by atoms with van der Waals surface area (Å²) in [6, 6.07) is 6.84. The Kier molecular flexibility index (Phi) is 5.65. The van der Waals surface area contributed by atoms with Gasteiger partial charge in [-0.15, -0.1) is 0 Å². The van der Waals surface area contributed by atoms with Gasteiger partial charge in [0.1, 0.15) is 12.0 Å². The average Bonchev–Trinajstić information content (AvgIpc) is 2.54. The third-order valence-electron chi connectivity index (χ3n) is 5.36. The van der Waals surface area contributed by atoms with Gasteiger partial charge in [-0.25, -0.2) is 8.78 Å². The van der Waals surface area contributed by atoms with Crippen molar-refractivity contribution >= 4 is 0 Å². The van der Waals surface area contributed by atoms with Gasteiger partial charge in [-0.3, -0.25) is 0 Å². The lowest BCUT2D eigenvalue weighted by Crippen LogP contribution is -2.47. The molecule has 2 nitrogen and oxygen atoms in total. The van der Waals surface area contributed by atoms with E-state index in [1.807, 2.05) is 19.1 Å². The molecule has 4 heteroatoms. The van der Waals surface area contributed by atoms with Crippen molar-refractivity contribution in [3.8, 4) is 0 Å². The Hall–Kier alpha value is -1.00. The monoisotopic (exact) mass is 323 g/mol. The summed E-state index contributed by atoms with van der Waals surface area (Å²) in [5, 5.41) is 0. The fourth-order valence-corrected chi connectivity index (χ4v) is 3.89. The maximum atomic E-state index is 13.8. The topological polar surface area (TPSA) is 12.5 Å². The lowest BCUT2D eigenvalue weighted by Gasteiger charge is -2.39. The molecule has 1 aromatic rings. The van der Waals surface area contributed by atoms with Crippen LogP contribution in [0.15, 0.2) is 24.3 Å². The van der Waals surface area contributed by atoms with Crippen molar-refractivity contribution in [1.29, 1.82) is 0 Å². The minimum absolute atomic E-state index is 0.0128. The minimum Gasteiger partial charge on any atom is -0.376 e. The van der Waals surface area contributed by atoms with Gasteiger partial charge in [-0.1, -0.05) is 19.1 Å². The molecule has 3 rings (SSSR count). The summed E-state index contributed by atoms with van der Waals surface area (Å²) in [5.41, 5.74) is 1.20. The number of ether oxygens (including phenoxy) is 1. The number of benzene rings is 1. The van der Waals surface area contributed by atoms with E-state index in [1.54, 1.807) is 0 Å². The Morgan fingerprint density at radius 2 is 2.00 bits per heavy atom. The largest absolute Gasteiger partial charge is 0.376 e. The lowest BCUT2D eigenvalue weighted by atomic mass is 9.89. The van der Waals surface area contributed by atoms with Crippen LogP contribution >= 0.6 is 0 Å². The molecular formula is C19H27F2NO. The molecule has 2 heterocycles. The Labute approximate surface area is 137 Å². The van der Waals surface area contributed by atoms with Gasteiger partial charge in [0.15, 0.2) is 0 Å². The van der Waals surface area contributed by atoms with Crippen molar-refractivity contribution in [3.05, 3.63) is 35.6 Å². The van der Waals surface area contributed by atoms with Crippen molar-refractivity contribution in [2.24, 2.45) is 11.8 Å². The van der Waals surface area contributed by atoms with Crippen LogP contribution in [0.4, 0.5) is 8.78 Å². The summed E-state index contributed by atoms with van der Waals surface area (Å²) < 4.78 is 32.7. The number of alkyl halides is 1. The molecule has 0 aromatic heterocycles. The zero-order valence-electron chi connectivity index (χ0n) is 13.9. The van der Waals surface area contributed by atoms with Gasteiger partial charge in [0, 0.05) is 32.0 Å². The highest BCUT2D eigenvalue weighted by Gasteiger charge is 2.33.